The second-order valence-electron chi connectivity index (χ2n) is 5.17. The Balaban J connectivity index is 2.00. The standard InChI is InChI=1S/C17H19ClN2O/c1-11-7-8-14(9-12(11)2)13(3)19-17(21)20-16-6-4-5-15(18)10-16/h4-10,13H,1-3H3,(H2,19,20,21)/t13-/m1/s1. The smallest absolute Gasteiger partial charge is 0.319 e. The van der Waals surface area contributed by atoms with E-state index in [1.807, 2.05) is 13.0 Å². The van der Waals surface area contributed by atoms with Gasteiger partial charge >= 0.3 is 6.03 Å². The fourth-order valence-electron chi connectivity index (χ4n) is 2.05. The van der Waals surface area contributed by atoms with Crippen LogP contribution in [0.2, 0.25) is 5.02 Å². The quantitative estimate of drug-likeness (QED) is 0.837. The fraction of sp³-hybridized carbons (Fsp3) is 0.235. The number of urea groups is 1. The van der Waals surface area contributed by atoms with Gasteiger partial charge < -0.3 is 10.6 Å². The lowest BCUT2D eigenvalue weighted by molar-refractivity contribution is 0.249. The molecule has 0 heterocycles. The van der Waals surface area contributed by atoms with E-state index in [0.717, 1.165) is 5.56 Å². The van der Waals surface area contributed by atoms with E-state index < -0.39 is 0 Å². The van der Waals surface area contributed by atoms with Gasteiger partial charge in [0, 0.05) is 10.7 Å². The molecule has 2 rings (SSSR count). The second kappa shape index (κ2) is 6.64. The number of amides is 2. The molecule has 0 bridgehead atoms. The maximum atomic E-state index is 12.0. The van der Waals surface area contributed by atoms with Gasteiger partial charge in [-0.05, 0) is 55.7 Å². The van der Waals surface area contributed by atoms with Gasteiger partial charge in [-0.2, -0.15) is 0 Å². The Bertz CT molecular complexity index is 655. The van der Waals surface area contributed by atoms with Gasteiger partial charge in [-0.1, -0.05) is 35.9 Å². The first-order valence-corrected chi connectivity index (χ1v) is 7.24. The SMILES string of the molecule is Cc1ccc([C@@H](C)NC(=O)Nc2cccc(Cl)c2)cc1C. The van der Waals surface area contributed by atoms with E-state index in [-0.39, 0.29) is 12.1 Å². The lowest BCUT2D eigenvalue weighted by atomic mass is 10.0. The van der Waals surface area contributed by atoms with Crippen molar-refractivity contribution in [1.29, 1.82) is 0 Å². The van der Waals surface area contributed by atoms with Crippen LogP contribution in [-0.4, -0.2) is 6.03 Å². The van der Waals surface area contributed by atoms with Crippen molar-refractivity contribution in [3.63, 3.8) is 0 Å². The highest BCUT2D eigenvalue weighted by Crippen LogP contribution is 2.18. The van der Waals surface area contributed by atoms with Crippen molar-refractivity contribution < 1.29 is 4.79 Å². The minimum atomic E-state index is -0.247. The first-order chi connectivity index (χ1) is 9.95. The van der Waals surface area contributed by atoms with Crippen molar-refractivity contribution in [1.82, 2.24) is 5.32 Å². The van der Waals surface area contributed by atoms with Crippen molar-refractivity contribution in [2.24, 2.45) is 0 Å². The van der Waals surface area contributed by atoms with Gasteiger partial charge in [0.05, 0.1) is 6.04 Å². The molecule has 0 saturated carbocycles. The molecule has 2 amide bonds. The first-order valence-electron chi connectivity index (χ1n) is 6.86. The van der Waals surface area contributed by atoms with Gasteiger partial charge in [-0.15, -0.1) is 0 Å². The third-order valence-electron chi connectivity index (χ3n) is 3.46. The van der Waals surface area contributed by atoms with Gasteiger partial charge in [-0.3, -0.25) is 0 Å². The predicted octanol–water partition coefficient (Wildman–Crippen LogP) is 4.84. The maximum Gasteiger partial charge on any atom is 0.319 e. The van der Waals surface area contributed by atoms with E-state index in [9.17, 15) is 4.79 Å². The molecule has 0 aliphatic rings. The van der Waals surface area contributed by atoms with Gasteiger partial charge in [0.25, 0.3) is 0 Å². The zero-order chi connectivity index (χ0) is 15.4. The van der Waals surface area contributed by atoms with Crippen LogP contribution >= 0.6 is 11.6 Å². The number of rotatable bonds is 3. The number of benzene rings is 2. The average molecular weight is 303 g/mol. The molecule has 0 aliphatic heterocycles. The summed E-state index contributed by atoms with van der Waals surface area (Å²) in [5.74, 6) is 0. The first kappa shape index (κ1) is 15.4. The molecule has 0 aliphatic carbocycles. The predicted molar refractivity (Wildman–Crippen MR) is 87.9 cm³/mol. The van der Waals surface area contributed by atoms with Gasteiger partial charge in [-0.25, -0.2) is 4.79 Å². The molecule has 110 valence electrons. The molecule has 0 saturated heterocycles. The number of hydrogen-bond donors (Lipinski definition) is 2. The third kappa shape index (κ3) is 4.23. The minimum Gasteiger partial charge on any atom is -0.331 e. The fourth-order valence-corrected chi connectivity index (χ4v) is 2.24. The number of nitrogens with one attached hydrogen (secondary N) is 2. The van der Waals surface area contributed by atoms with Gasteiger partial charge in [0.15, 0.2) is 0 Å². The number of halogens is 1. The zero-order valence-electron chi connectivity index (χ0n) is 12.4. The molecular formula is C17H19ClN2O. The monoisotopic (exact) mass is 302 g/mol. The molecule has 4 heteroatoms. The summed E-state index contributed by atoms with van der Waals surface area (Å²) in [5, 5.41) is 6.29. The largest absolute Gasteiger partial charge is 0.331 e. The number of hydrogen-bond acceptors (Lipinski definition) is 1. The Kier molecular flexibility index (Phi) is 4.86. The van der Waals surface area contributed by atoms with Crippen LogP contribution in [0.3, 0.4) is 0 Å². The molecule has 2 aromatic carbocycles. The molecular weight excluding hydrogens is 284 g/mol. The van der Waals surface area contributed by atoms with E-state index in [0.29, 0.717) is 10.7 Å². The third-order valence-corrected chi connectivity index (χ3v) is 3.70. The number of carbonyl (C=O) groups is 1. The second-order valence-corrected chi connectivity index (χ2v) is 5.61. The van der Waals surface area contributed by atoms with E-state index >= 15 is 0 Å². The van der Waals surface area contributed by atoms with Crippen molar-refractivity contribution in [3.8, 4) is 0 Å². The van der Waals surface area contributed by atoms with E-state index in [2.05, 4.69) is 36.6 Å². The highest BCUT2D eigenvalue weighted by molar-refractivity contribution is 6.30. The summed E-state index contributed by atoms with van der Waals surface area (Å²) in [6.07, 6.45) is 0. The van der Waals surface area contributed by atoms with Crippen molar-refractivity contribution in [2.75, 3.05) is 5.32 Å². The maximum absolute atomic E-state index is 12.0. The minimum absolute atomic E-state index is 0.0662. The molecule has 0 spiro atoms. The van der Waals surface area contributed by atoms with Gasteiger partial charge in [0.2, 0.25) is 0 Å². The van der Waals surface area contributed by atoms with Crippen molar-refractivity contribution >= 4 is 23.3 Å². The van der Waals surface area contributed by atoms with E-state index in [1.165, 1.54) is 11.1 Å². The summed E-state index contributed by atoms with van der Waals surface area (Å²) < 4.78 is 0. The Labute approximate surface area is 130 Å². The Hall–Kier alpha value is -2.00. The van der Waals surface area contributed by atoms with Crippen LogP contribution in [0.5, 0.6) is 0 Å². The summed E-state index contributed by atoms with van der Waals surface area (Å²) in [6, 6.07) is 13.0. The van der Waals surface area contributed by atoms with Crippen LogP contribution in [-0.2, 0) is 0 Å². The molecule has 0 unspecified atom stereocenters. The number of aryl methyl sites for hydroxylation is 2. The van der Waals surface area contributed by atoms with E-state index in [4.69, 9.17) is 11.6 Å². The van der Waals surface area contributed by atoms with Crippen LogP contribution in [0.15, 0.2) is 42.5 Å². The topological polar surface area (TPSA) is 41.1 Å². The van der Waals surface area contributed by atoms with Crippen molar-refractivity contribution in [2.45, 2.75) is 26.8 Å². The summed E-state index contributed by atoms with van der Waals surface area (Å²) in [4.78, 5) is 12.0. The molecule has 0 fully saturated rings. The number of carbonyl (C=O) groups excluding carboxylic acids is 1. The Morgan fingerprint density at radius 1 is 1.10 bits per heavy atom. The number of anilines is 1. The van der Waals surface area contributed by atoms with Crippen LogP contribution in [0.4, 0.5) is 10.5 Å². The molecule has 0 aromatic heterocycles. The van der Waals surface area contributed by atoms with Crippen LogP contribution in [0.25, 0.3) is 0 Å². The summed E-state index contributed by atoms with van der Waals surface area (Å²) in [6.45, 7) is 6.10. The summed E-state index contributed by atoms with van der Waals surface area (Å²) in [5.41, 5.74) is 4.22. The highest BCUT2D eigenvalue weighted by atomic mass is 35.5. The zero-order valence-corrected chi connectivity index (χ0v) is 13.2. The Morgan fingerprint density at radius 3 is 2.52 bits per heavy atom. The van der Waals surface area contributed by atoms with Crippen molar-refractivity contribution in [3.05, 3.63) is 64.2 Å². The molecule has 2 aromatic rings. The van der Waals surface area contributed by atoms with Crippen LogP contribution in [0.1, 0.15) is 29.7 Å². The lowest BCUT2D eigenvalue weighted by Crippen LogP contribution is -2.31. The summed E-state index contributed by atoms with van der Waals surface area (Å²) in [7, 11) is 0. The lowest BCUT2D eigenvalue weighted by Gasteiger charge is -2.16. The average Bonchev–Trinajstić information content (AvgIpc) is 2.41. The van der Waals surface area contributed by atoms with Gasteiger partial charge in [0.1, 0.15) is 0 Å². The van der Waals surface area contributed by atoms with Crippen LogP contribution in [0, 0.1) is 13.8 Å². The Morgan fingerprint density at radius 2 is 1.86 bits per heavy atom. The van der Waals surface area contributed by atoms with E-state index in [1.54, 1.807) is 24.3 Å². The molecule has 21 heavy (non-hydrogen) atoms. The summed E-state index contributed by atoms with van der Waals surface area (Å²) >= 11 is 5.89. The molecule has 0 radical (unpaired) electrons. The molecule has 3 nitrogen and oxygen atoms in total. The molecule has 1 atom stereocenters. The van der Waals surface area contributed by atoms with Crippen LogP contribution < -0.4 is 10.6 Å². The highest BCUT2D eigenvalue weighted by Gasteiger charge is 2.10. The molecule has 2 N–H and O–H groups in total. The normalized spacial score (nSPS) is 11.8.